The monoisotopic (exact) mass is 395 g/mol. The Morgan fingerprint density at radius 3 is 2.60 bits per heavy atom. The fraction of sp³-hybridized carbons (Fsp3) is 0.0588. The van der Waals surface area contributed by atoms with Crippen LogP contribution in [0.25, 0.3) is 0 Å². The van der Waals surface area contributed by atoms with Gasteiger partial charge in [0.15, 0.2) is 12.4 Å². The van der Waals surface area contributed by atoms with E-state index in [2.05, 4.69) is 10.4 Å². The van der Waals surface area contributed by atoms with Crippen LogP contribution in [0.1, 0.15) is 10.5 Å². The van der Waals surface area contributed by atoms with E-state index < -0.39 is 0 Å². The summed E-state index contributed by atoms with van der Waals surface area (Å²) in [4.78, 5) is 12.2. The summed E-state index contributed by atoms with van der Waals surface area (Å²) >= 11 is 17.8. The molecule has 3 rings (SSSR count). The van der Waals surface area contributed by atoms with E-state index in [1.54, 1.807) is 42.6 Å². The smallest absolute Gasteiger partial charge is 0.276 e. The molecule has 8 heteroatoms. The van der Waals surface area contributed by atoms with Crippen molar-refractivity contribution < 1.29 is 9.53 Å². The van der Waals surface area contributed by atoms with Gasteiger partial charge in [-0.1, -0.05) is 46.9 Å². The first-order valence-electron chi connectivity index (χ1n) is 7.20. The van der Waals surface area contributed by atoms with Gasteiger partial charge >= 0.3 is 0 Å². The Bertz CT molecular complexity index is 912. The van der Waals surface area contributed by atoms with Crippen LogP contribution in [0.5, 0.6) is 5.75 Å². The van der Waals surface area contributed by atoms with Crippen LogP contribution in [0.4, 0.5) is 5.69 Å². The molecule has 0 fully saturated rings. The molecule has 0 atom stereocenters. The molecule has 0 saturated heterocycles. The lowest BCUT2D eigenvalue weighted by molar-refractivity contribution is 0.102. The fourth-order valence-electron chi connectivity index (χ4n) is 2.02. The van der Waals surface area contributed by atoms with Gasteiger partial charge in [0.25, 0.3) is 5.91 Å². The lowest BCUT2D eigenvalue weighted by atomic mass is 10.3. The maximum Gasteiger partial charge on any atom is 0.276 e. The molecular formula is C17H12Cl3N3O2. The highest BCUT2D eigenvalue weighted by molar-refractivity contribution is 6.42. The predicted molar refractivity (Wildman–Crippen MR) is 98.7 cm³/mol. The fourth-order valence-corrected chi connectivity index (χ4v) is 2.51. The second-order valence-corrected chi connectivity index (χ2v) is 6.25. The van der Waals surface area contributed by atoms with Gasteiger partial charge in [-0.3, -0.25) is 4.79 Å². The molecule has 0 aliphatic carbocycles. The van der Waals surface area contributed by atoms with E-state index in [9.17, 15) is 4.79 Å². The molecule has 0 saturated carbocycles. The van der Waals surface area contributed by atoms with Crippen LogP contribution in [-0.4, -0.2) is 15.7 Å². The number of para-hydroxylation sites is 1. The minimum absolute atomic E-state index is 0.129. The number of anilines is 1. The van der Waals surface area contributed by atoms with Crippen molar-refractivity contribution in [2.75, 3.05) is 5.32 Å². The van der Waals surface area contributed by atoms with Crippen molar-refractivity contribution in [2.24, 2.45) is 0 Å². The van der Waals surface area contributed by atoms with Gasteiger partial charge in [-0.05, 0) is 36.4 Å². The molecule has 3 aromatic rings. The highest BCUT2D eigenvalue weighted by atomic mass is 35.5. The number of nitrogens with one attached hydrogen (secondary N) is 1. The van der Waals surface area contributed by atoms with Crippen molar-refractivity contribution in [3.05, 3.63) is 75.5 Å². The minimum atomic E-state index is -0.366. The zero-order valence-electron chi connectivity index (χ0n) is 12.7. The molecule has 1 heterocycles. The highest BCUT2D eigenvalue weighted by Gasteiger charge is 2.11. The Balaban J connectivity index is 1.63. The molecule has 0 spiro atoms. The lowest BCUT2D eigenvalue weighted by Crippen LogP contribution is -2.14. The first-order valence-corrected chi connectivity index (χ1v) is 8.33. The molecule has 0 bridgehead atoms. The number of carbonyl (C=O) groups is 1. The summed E-state index contributed by atoms with van der Waals surface area (Å²) < 4.78 is 7.06. The molecule has 0 aliphatic rings. The predicted octanol–water partition coefficient (Wildman–Crippen LogP) is 5.13. The average Bonchev–Trinajstić information content (AvgIpc) is 3.07. The summed E-state index contributed by atoms with van der Waals surface area (Å²) in [6.45, 7) is 0.129. The van der Waals surface area contributed by atoms with Crippen LogP contribution < -0.4 is 10.1 Å². The SMILES string of the molecule is O=C(Nc1ccc(Cl)c(Cl)c1)c1ccn(COc2ccccc2Cl)n1. The number of hydrogen-bond acceptors (Lipinski definition) is 3. The molecule has 2 aromatic carbocycles. The Morgan fingerprint density at radius 2 is 1.84 bits per heavy atom. The van der Waals surface area contributed by atoms with E-state index in [4.69, 9.17) is 39.5 Å². The van der Waals surface area contributed by atoms with Gasteiger partial charge in [0.2, 0.25) is 0 Å². The van der Waals surface area contributed by atoms with Crippen LogP contribution >= 0.6 is 34.8 Å². The summed E-state index contributed by atoms with van der Waals surface area (Å²) in [6.07, 6.45) is 1.64. The number of carbonyl (C=O) groups excluding carboxylic acids is 1. The molecule has 5 nitrogen and oxygen atoms in total. The van der Waals surface area contributed by atoms with Crippen molar-refractivity contribution in [3.8, 4) is 5.75 Å². The second-order valence-electron chi connectivity index (χ2n) is 5.03. The molecule has 0 aliphatic heterocycles. The van der Waals surface area contributed by atoms with Crippen molar-refractivity contribution in [1.82, 2.24) is 9.78 Å². The third-order valence-electron chi connectivity index (χ3n) is 3.24. The molecule has 1 aromatic heterocycles. The van der Waals surface area contributed by atoms with Gasteiger partial charge < -0.3 is 10.1 Å². The molecule has 128 valence electrons. The van der Waals surface area contributed by atoms with E-state index >= 15 is 0 Å². The van der Waals surface area contributed by atoms with Gasteiger partial charge in [0, 0.05) is 11.9 Å². The average molecular weight is 397 g/mol. The quantitative estimate of drug-likeness (QED) is 0.650. The first-order chi connectivity index (χ1) is 12.0. The molecule has 1 amide bonds. The van der Waals surface area contributed by atoms with Gasteiger partial charge in [-0.25, -0.2) is 4.68 Å². The second kappa shape index (κ2) is 7.78. The summed E-state index contributed by atoms with van der Waals surface area (Å²) in [6, 6.07) is 13.5. The van der Waals surface area contributed by atoms with Crippen molar-refractivity contribution in [3.63, 3.8) is 0 Å². The standard InChI is InChI=1S/C17H12Cl3N3O2/c18-12-6-5-11(9-14(12)20)21-17(24)15-7-8-23(22-15)10-25-16-4-2-1-3-13(16)19/h1-9H,10H2,(H,21,24). The Hall–Kier alpha value is -2.21. The number of amides is 1. The maximum absolute atomic E-state index is 12.2. The Kier molecular flexibility index (Phi) is 5.48. The van der Waals surface area contributed by atoms with E-state index in [-0.39, 0.29) is 18.3 Å². The third kappa shape index (κ3) is 4.45. The number of hydrogen-bond donors (Lipinski definition) is 1. The largest absolute Gasteiger partial charge is 0.470 e. The van der Waals surface area contributed by atoms with E-state index in [0.29, 0.717) is 26.5 Å². The number of halogens is 3. The van der Waals surface area contributed by atoms with Crippen molar-refractivity contribution >= 4 is 46.4 Å². The van der Waals surface area contributed by atoms with E-state index in [1.807, 2.05) is 12.1 Å². The summed E-state index contributed by atoms with van der Waals surface area (Å²) in [5.41, 5.74) is 0.773. The van der Waals surface area contributed by atoms with Crippen LogP contribution in [-0.2, 0) is 6.73 Å². The summed E-state index contributed by atoms with van der Waals surface area (Å²) in [7, 11) is 0. The third-order valence-corrected chi connectivity index (χ3v) is 4.29. The van der Waals surface area contributed by atoms with Crippen molar-refractivity contribution in [2.45, 2.75) is 6.73 Å². The molecule has 1 N–H and O–H groups in total. The van der Waals surface area contributed by atoms with Crippen LogP contribution in [0.15, 0.2) is 54.7 Å². The van der Waals surface area contributed by atoms with Gasteiger partial charge in [-0.15, -0.1) is 0 Å². The number of ether oxygens (including phenoxy) is 1. The Morgan fingerprint density at radius 1 is 1.04 bits per heavy atom. The molecule has 25 heavy (non-hydrogen) atoms. The van der Waals surface area contributed by atoms with Crippen LogP contribution in [0, 0.1) is 0 Å². The van der Waals surface area contributed by atoms with Crippen LogP contribution in [0.2, 0.25) is 15.1 Å². The van der Waals surface area contributed by atoms with Gasteiger partial charge in [0.05, 0.1) is 15.1 Å². The van der Waals surface area contributed by atoms with E-state index in [0.717, 1.165) is 0 Å². The molecule has 0 radical (unpaired) electrons. The van der Waals surface area contributed by atoms with E-state index in [1.165, 1.54) is 4.68 Å². The summed E-state index contributed by atoms with van der Waals surface area (Å²) in [5, 5.41) is 8.15. The topological polar surface area (TPSA) is 56.2 Å². The highest BCUT2D eigenvalue weighted by Crippen LogP contribution is 2.25. The molecular weight excluding hydrogens is 385 g/mol. The zero-order valence-corrected chi connectivity index (χ0v) is 15.0. The Labute approximate surface area is 159 Å². The normalized spacial score (nSPS) is 10.5. The summed E-state index contributed by atoms with van der Waals surface area (Å²) in [5.74, 6) is 0.177. The number of rotatable bonds is 5. The zero-order chi connectivity index (χ0) is 17.8. The van der Waals surface area contributed by atoms with Gasteiger partial charge in [-0.2, -0.15) is 5.10 Å². The number of nitrogens with zero attached hydrogens (tertiary/aromatic N) is 2. The van der Waals surface area contributed by atoms with Crippen molar-refractivity contribution in [1.29, 1.82) is 0 Å². The maximum atomic E-state index is 12.2. The first kappa shape index (κ1) is 17.6. The van der Waals surface area contributed by atoms with Crippen LogP contribution in [0.3, 0.4) is 0 Å². The number of benzene rings is 2. The number of aromatic nitrogens is 2. The van der Waals surface area contributed by atoms with Gasteiger partial charge in [0.1, 0.15) is 5.75 Å². The molecule has 0 unspecified atom stereocenters. The minimum Gasteiger partial charge on any atom is -0.470 e. The lowest BCUT2D eigenvalue weighted by Gasteiger charge is -2.07.